The SMILES string of the molecule is [B][C@@H]1O[C@H](CC)[C@H](C)C1OS(=O)(=O)C(F)(F)F. The minimum absolute atomic E-state index is 0.404. The van der Waals surface area contributed by atoms with Gasteiger partial charge in [-0.3, -0.25) is 4.18 Å². The van der Waals surface area contributed by atoms with Crippen LogP contribution in [0.2, 0.25) is 0 Å². The Morgan fingerprint density at radius 2 is 1.94 bits per heavy atom. The van der Waals surface area contributed by atoms with E-state index in [-0.39, 0.29) is 0 Å². The molecular weight excluding hydrogens is 260 g/mol. The van der Waals surface area contributed by atoms with Gasteiger partial charge < -0.3 is 4.74 Å². The van der Waals surface area contributed by atoms with Gasteiger partial charge in [-0.25, -0.2) is 0 Å². The molecule has 2 radical (unpaired) electrons. The van der Waals surface area contributed by atoms with Crippen molar-refractivity contribution in [3.63, 3.8) is 0 Å². The molecule has 0 aromatic rings. The molecule has 1 unspecified atom stereocenters. The molecule has 0 saturated carbocycles. The molecule has 1 fully saturated rings. The number of halogens is 3. The highest BCUT2D eigenvalue weighted by molar-refractivity contribution is 7.87. The van der Waals surface area contributed by atoms with E-state index in [1.807, 2.05) is 0 Å². The number of rotatable bonds is 3. The summed E-state index contributed by atoms with van der Waals surface area (Å²) < 4.78 is 67.3. The van der Waals surface area contributed by atoms with E-state index in [0.717, 1.165) is 0 Å². The zero-order valence-corrected chi connectivity index (χ0v) is 10.1. The van der Waals surface area contributed by atoms with E-state index in [4.69, 9.17) is 12.6 Å². The Balaban J connectivity index is 2.83. The third-order valence-corrected chi connectivity index (χ3v) is 3.73. The van der Waals surface area contributed by atoms with Crippen LogP contribution in [0, 0.1) is 5.92 Å². The highest BCUT2D eigenvalue weighted by atomic mass is 32.2. The van der Waals surface area contributed by atoms with Crippen LogP contribution in [-0.4, -0.2) is 40.0 Å². The number of ether oxygens (including phenoxy) is 1. The highest BCUT2D eigenvalue weighted by Crippen LogP contribution is 2.34. The lowest BCUT2D eigenvalue weighted by atomic mass is 9.88. The molecule has 17 heavy (non-hydrogen) atoms. The summed E-state index contributed by atoms with van der Waals surface area (Å²) in [6.07, 6.45) is -1.20. The van der Waals surface area contributed by atoms with Crippen LogP contribution in [0.3, 0.4) is 0 Å². The van der Waals surface area contributed by atoms with Crippen LogP contribution in [0.5, 0.6) is 0 Å². The van der Waals surface area contributed by atoms with E-state index in [2.05, 4.69) is 4.18 Å². The predicted molar refractivity (Wildman–Crippen MR) is 53.7 cm³/mol. The quantitative estimate of drug-likeness (QED) is 0.439. The first kappa shape index (κ1) is 14.8. The van der Waals surface area contributed by atoms with Gasteiger partial charge in [0.05, 0.1) is 12.2 Å². The van der Waals surface area contributed by atoms with Crippen molar-refractivity contribution in [3.05, 3.63) is 0 Å². The molecule has 0 spiro atoms. The number of hydrogen-bond acceptors (Lipinski definition) is 4. The van der Waals surface area contributed by atoms with Crippen LogP contribution in [-0.2, 0) is 19.0 Å². The zero-order valence-electron chi connectivity index (χ0n) is 9.27. The largest absolute Gasteiger partial charge is 0.523 e. The van der Waals surface area contributed by atoms with Crippen molar-refractivity contribution in [3.8, 4) is 0 Å². The fourth-order valence-corrected chi connectivity index (χ4v) is 2.41. The highest BCUT2D eigenvalue weighted by Gasteiger charge is 2.51. The summed E-state index contributed by atoms with van der Waals surface area (Å²) in [5.41, 5.74) is -5.45. The Kier molecular flexibility index (Phi) is 4.15. The zero-order chi connectivity index (χ0) is 13.4. The fraction of sp³-hybridized carbons (Fsp3) is 1.00. The van der Waals surface area contributed by atoms with Gasteiger partial charge in [0.25, 0.3) is 0 Å². The van der Waals surface area contributed by atoms with Crippen LogP contribution in [0.4, 0.5) is 13.2 Å². The molecule has 1 aliphatic heterocycles. The second kappa shape index (κ2) is 4.77. The molecule has 0 amide bonds. The molecule has 1 saturated heterocycles. The van der Waals surface area contributed by atoms with Crippen LogP contribution in [0.1, 0.15) is 20.3 Å². The van der Waals surface area contributed by atoms with Crippen LogP contribution in [0.25, 0.3) is 0 Å². The van der Waals surface area contributed by atoms with Crippen LogP contribution < -0.4 is 0 Å². The first-order valence-corrected chi connectivity index (χ1v) is 6.41. The van der Waals surface area contributed by atoms with Crippen molar-refractivity contribution in [1.29, 1.82) is 0 Å². The van der Waals surface area contributed by atoms with Crippen LogP contribution in [0.15, 0.2) is 0 Å². The molecule has 0 bridgehead atoms. The number of alkyl halides is 3. The normalized spacial score (nSPS) is 35.1. The fourth-order valence-electron chi connectivity index (χ4n) is 1.73. The van der Waals surface area contributed by atoms with E-state index < -0.39 is 39.8 Å². The molecule has 0 aromatic carbocycles. The summed E-state index contributed by atoms with van der Waals surface area (Å²) in [6.45, 7) is 3.30. The maximum Gasteiger partial charge on any atom is 0.523 e. The molecule has 1 heterocycles. The Labute approximate surface area is 99.0 Å². The lowest BCUT2D eigenvalue weighted by Gasteiger charge is -2.20. The van der Waals surface area contributed by atoms with Gasteiger partial charge in [0.15, 0.2) is 0 Å². The van der Waals surface area contributed by atoms with E-state index in [1.165, 1.54) is 6.92 Å². The Bertz CT molecular complexity index is 369. The monoisotopic (exact) mass is 272 g/mol. The maximum atomic E-state index is 12.1. The number of hydrogen-bond donors (Lipinski definition) is 0. The topological polar surface area (TPSA) is 52.6 Å². The third kappa shape index (κ3) is 2.94. The Morgan fingerprint density at radius 1 is 1.41 bits per heavy atom. The van der Waals surface area contributed by atoms with Crippen LogP contribution >= 0.6 is 0 Å². The molecule has 0 aromatic heterocycles. The maximum absolute atomic E-state index is 12.1. The van der Waals surface area contributed by atoms with Gasteiger partial charge >= 0.3 is 15.6 Å². The van der Waals surface area contributed by atoms with E-state index in [0.29, 0.717) is 6.42 Å². The molecule has 4 nitrogen and oxygen atoms in total. The molecular formula is C8H12BF3O4S. The van der Waals surface area contributed by atoms with E-state index in [9.17, 15) is 21.6 Å². The summed E-state index contributed by atoms with van der Waals surface area (Å²) >= 11 is 0. The van der Waals surface area contributed by atoms with Crippen molar-refractivity contribution >= 4 is 18.0 Å². The van der Waals surface area contributed by atoms with E-state index >= 15 is 0 Å². The van der Waals surface area contributed by atoms with Crippen molar-refractivity contribution in [2.75, 3.05) is 0 Å². The van der Waals surface area contributed by atoms with Crippen molar-refractivity contribution < 1.29 is 30.5 Å². The summed E-state index contributed by atoms with van der Waals surface area (Å²) in [4.78, 5) is 0. The van der Waals surface area contributed by atoms with Gasteiger partial charge in [0, 0.05) is 11.9 Å². The molecule has 0 aliphatic carbocycles. The summed E-state index contributed by atoms with van der Waals surface area (Å²) in [7, 11) is -0.232. The smallest absolute Gasteiger partial charge is 0.382 e. The molecule has 0 N–H and O–H groups in total. The van der Waals surface area contributed by atoms with Crippen molar-refractivity contribution in [1.82, 2.24) is 0 Å². The van der Waals surface area contributed by atoms with Gasteiger partial charge in [-0.15, -0.1) is 0 Å². The van der Waals surface area contributed by atoms with Gasteiger partial charge in [0.1, 0.15) is 7.85 Å². The standard InChI is InChI=1S/C8H12BF3O4S/c1-3-5-4(2)6(7(9)15-5)16-17(13,14)8(10,11)12/h4-7H,3H2,1-2H3/t4-,5+,6?,7+/m0/s1. The van der Waals surface area contributed by atoms with E-state index in [1.54, 1.807) is 6.92 Å². The lowest BCUT2D eigenvalue weighted by molar-refractivity contribution is -0.0591. The molecule has 1 aliphatic rings. The molecule has 9 heteroatoms. The second-order valence-corrected chi connectivity index (χ2v) is 5.43. The van der Waals surface area contributed by atoms with Gasteiger partial charge in [-0.1, -0.05) is 13.8 Å². The average Bonchev–Trinajstić information content (AvgIpc) is 2.43. The van der Waals surface area contributed by atoms with Gasteiger partial charge in [-0.05, 0) is 6.42 Å². The molecule has 4 atom stereocenters. The van der Waals surface area contributed by atoms with Crippen molar-refractivity contribution in [2.45, 2.75) is 44.0 Å². The lowest BCUT2D eigenvalue weighted by Crippen LogP contribution is -2.37. The Morgan fingerprint density at radius 3 is 2.29 bits per heavy atom. The second-order valence-electron chi connectivity index (χ2n) is 3.87. The minimum atomic E-state index is -5.64. The molecule has 98 valence electrons. The first-order valence-electron chi connectivity index (χ1n) is 5.00. The molecule has 1 rings (SSSR count). The van der Waals surface area contributed by atoms with Gasteiger partial charge in [-0.2, -0.15) is 21.6 Å². The minimum Gasteiger partial charge on any atom is -0.382 e. The van der Waals surface area contributed by atoms with Gasteiger partial charge in [0.2, 0.25) is 0 Å². The van der Waals surface area contributed by atoms with Crippen molar-refractivity contribution in [2.24, 2.45) is 5.92 Å². The summed E-state index contributed by atoms with van der Waals surface area (Å²) in [5.74, 6) is -0.521. The summed E-state index contributed by atoms with van der Waals surface area (Å²) in [6, 6.07) is -1.17. The first-order chi connectivity index (χ1) is 7.60. The predicted octanol–water partition coefficient (Wildman–Crippen LogP) is 1.16. The summed E-state index contributed by atoms with van der Waals surface area (Å²) in [5, 5.41) is 0. The Hall–Kier alpha value is -0.275. The third-order valence-electron chi connectivity index (χ3n) is 2.68. The average molecular weight is 272 g/mol.